The Balaban J connectivity index is 2.02. The molecule has 1 aliphatic rings. The standard InChI is InChI=1S/C12H20N4O/c1-15(2)12-13-6-4-11(14-12)16(3)8-10-5-7-17-9-10/h4,6,10H,5,7-9H2,1-3H3/t10-/m1/s1. The Morgan fingerprint density at radius 1 is 1.41 bits per heavy atom. The molecule has 0 unspecified atom stereocenters. The van der Waals surface area contributed by atoms with Crippen molar-refractivity contribution < 1.29 is 4.74 Å². The number of nitrogens with zero attached hydrogens (tertiary/aromatic N) is 4. The predicted molar refractivity (Wildman–Crippen MR) is 68.6 cm³/mol. The molecule has 5 heteroatoms. The van der Waals surface area contributed by atoms with Crippen molar-refractivity contribution in [1.29, 1.82) is 0 Å². The lowest BCUT2D eigenvalue weighted by Crippen LogP contribution is -2.27. The van der Waals surface area contributed by atoms with Crippen molar-refractivity contribution in [3.05, 3.63) is 12.3 Å². The third-order valence-electron chi connectivity index (χ3n) is 2.98. The van der Waals surface area contributed by atoms with Gasteiger partial charge in [-0.05, 0) is 12.5 Å². The van der Waals surface area contributed by atoms with Crippen molar-refractivity contribution in [2.45, 2.75) is 6.42 Å². The van der Waals surface area contributed by atoms with Gasteiger partial charge in [0.15, 0.2) is 0 Å². The van der Waals surface area contributed by atoms with E-state index >= 15 is 0 Å². The van der Waals surface area contributed by atoms with E-state index in [0.29, 0.717) is 5.92 Å². The molecule has 1 atom stereocenters. The van der Waals surface area contributed by atoms with E-state index in [1.54, 1.807) is 6.20 Å². The van der Waals surface area contributed by atoms with Gasteiger partial charge in [-0.2, -0.15) is 4.98 Å². The second-order valence-corrected chi connectivity index (χ2v) is 4.72. The van der Waals surface area contributed by atoms with E-state index in [1.165, 1.54) is 0 Å². The summed E-state index contributed by atoms with van der Waals surface area (Å²) in [6, 6.07) is 1.95. The monoisotopic (exact) mass is 236 g/mol. The first-order chi connectivity index (χ1) is 8.16. The van der Waals surface area contributed by atoms with Crippen molar-refractivity contribution in [1.82, 2.24) is 9.97 Å². The second kappa shape index (κ2) is 5.31. The summed E-state index contributed by atoms with van der Waals surface area (Å²) < 4.78 is 5.39. The van der Waals surface area contributed by atoms with Gasteiger partial charge in [0.2, 0.25) is 5.95 Å². The smallest absolute Gasteiger partial charge is 0.226 e. The summed E-state index contributed by atoms with van der Waals surface area (Å²) in [5, 5.41) is 0. The largest absolute Gasteiger partial charge is 0.381 e. The van der Waals surface area contributed by atoms with E-state index in [2.05, 4.69) is 21.9 Å². The minimum absolute atomic E-state index is 0.623. The summed E-state index contributed by atoms with van der Waals surface area (Å²) in [7, 11) is 5.97. The summed E-state index contributed by atoms with van der Waals surface area (Å²) in [4.78, 5) is 12.8. The van der Waals surface area contributed by atoms with Crippen LogP contribution in [0.25, 0.3) is 0 Å². The topological polar surface area (TPSA) is 41.5 Å². The van der Waals surface area contributed by atoms with Gasteiger partial charge >= 0.3 is 0 Å². The van der Waals surface area contributed by atoms with Gasteiger partial charge < -0.3 is 14.5 Å². The number of anilines is 2. The Kier molecular flexibility index (Phi) is 3.78. The quantitative estimate of drug-likeness (QED) is 0.780. The molecule has 0 aliphatic carbocycles. The van der Waals surface area contributed by atoms with Crippen molar-refractivity contribution >= 4 is 11.8 Å². The molecule has 1 fully saturated rings. The van der Waals surface area contributed by atoms with Gasteiger partial charge in [0.1, 0.15) is 5.82 Å². The van der Waals surface area contributed by atoms with Crippen LogP contribution in [0, 0.1) is 5.92 Å². The zero-order chi connectivity index (χ0) is 12.3. The number of rotatable bonds is 4. The first-order valence-electron chi connectivity index (χ1n) is 5.96. The van der Waals surface area contributed by atoms with Crippen LogP contribution in [0.5, 0.6) is 0 Å². The molecule has 2 heterocycles. The van der Waals surface area contributed by atoms with Gasteiger partial charge in [-0.15, -0.1) is 0 Å². The molecular weight excluding hydrogens is 216 g/mol. The Labute approximate surface area is 102 Å². The maximum atomic E-state index is 5.39. The highest BCUT2D eigenvalue weighted by molar-refractivity contribution is 5.42. The van der Waals surface area contributed by atoms with Crippen LogP contribution in [0.4, 0.5) is 11.8 Å². The zero-order valence-corrected chi connectivity index (χ0v) is 10.8. The van der Waals surface area contributed by atoms with Crippen molar-refractivity contribution in [2.24, 2.45) is 5.92 Å². The van der Waals surface area contributed by atoms with E-state index in [4.69, 9.17) is 4.74 Å². The molecule has 1 aromatic heterocycles. The third kappa shape index (κ3) is 3.06. The average Bonchev–Trinajstić information content (AvgIpc) is 2.82. The van der Waals surface area contributed by atoms with Crippen LogP contribution in [0.3, 0.4) is 0 Å². The van der Waals surface area contributed by atoms with Crippen LogP contribution in [0.15, 0.2) is 12.3 Å². The van der Waals surface area contributed by atoms with Crippen LogP contribution in [0.2, 0.25) is 0 Å². The Morgan fingerprint density at radius 3 is 2.88 bits per heavy atom. The fraction of sp³-hybridized carbons (Fsp3) is 0.667. The van der Waals surface area contributed by atoms with E-state index in [9.17, 15) is 0 Å². The number of ether oxygens (including phenoxy) is 1. The molecule has 0 aromatic carbocycles. The Bertz CT molecular complexity index is 363. The summed E-state index contributed by atoms with van der Waals surface area (Å²) in [6.07, 6.45) is 2.95. The van der Waals surface area contributed by atoms with Crippen molar-refractivity contribution in [2.75, 3.05) is 50.7 Å². The lowest BCUT2D eigenvalue weighted by Gasteiger charge is -2.22. The molecular formula is C12H20N4O. The summed E-state index contributed by atoms with van der Waals surface area (Å²) in [5.74, 6) is 2.34. The van der Waals surface area contributed by atoms with E-state index in [0.717, 1.165) is 37.9 Å². The summed E-state index contributed by atoms with van der Waals surface area (Å²) in [5.41, 5.74) is 0. The van der Waals surface area contributed by atoms with E-state index in [1.807, 2.05) is 25.1 Å². The lowest BCUT2D eigenvalue weighted by atomic mass is 10.1. The summed E-state index contributed by atoms with van der Waals surface area (Å²) >= 11 is 0. The van der Waals surface area contributed by atoms with Crippen LogP contribution >= 0.6 is 0 Å². The van der Waals surface area contributed by atoms with Crippen LogP contribution in [0.1, 0.15) is 6.42 Å². The molecule has 0 saturated carbocycles. The molecule has 2 rings (SSSR count). The molecule has 0 amide bonds. The SMILES string of the molecule is CN(C)c1nccc(N(C)C[C@H]2CCOC2)n1. The zero-order valence-electron chi connectivity index (χ0n) is 10.8. The van der Waals surface area contributed by atoms with Gasteiger partial charge in [0.25, 0.3) is 0 Å². The number of hydrogen-bond donors (Lipinski definition) is 0. The average molecular weight is 236 g/mol. The van der Waals surface area contributed by atoms with Gasteiger partial charge in [0.05, 0.1) is 6.61 Å². The lowest BCUT2D eigenvalue weighted by molar-refractivity contribution is 0.186. The highest BCUT2D eigenvalue weighted by Crippen LogP contribution is 2.17. The molecule has 5 nitrogen and oxygen atoms in total. The highest BCUT2D eigenvalue weighted by atomic mass is 16.5. The van der Waals surface area contributed by atoms with Crippen LogP contribution in [-0.2, 0) is 4.74 Å². The van der Waals surface area contributed by atoms with Gasteiger partial charge in [0, 0.05) is 46.4 Å². The Morgan fingerprint density at radius 2 is 2.24 bits per heavy atom. The van der Waals surface area contributed by atoms with E-state index < -0.39 is 0 Å². The van der Waals surface area contributed by atoms with Crippen molar-refractivity contribution in [3.8, 4) is 0 Å². The molecule has 0 spiro atoms. The second-order valence-electron chi connectivity index (χ2n) is 4.72. The minimum atomic E-state index is 0.623. The molecule has 1 aliphatic heterocycles. The molecule has 1 saturated heterocycles. The first kappa shape index (κ1) is 12.1. The number of aromatic nitrogens is 2. The van der Waals surface area contributed by atoms with Crippen LogP contribution in [-0.4, -0.2) is 50.9 Å². The third-order valence-corrected chi connectivity index (χ3v) is 2.98. The Hall–Kier alpha value is -1.36. The maximum absolute atomic E-state index is 5.39. The number of hydrogen-bond acceptors (Lipinski definition) is 5. The normalized spacial score (nSPS) is 19.4. The first-order valence-corrected chi connectivity index (χ1v) is 5.96. The summed E-state index contributed by atoms with van der Waals surface area (Å²) in [6.45, 7) is 2.76. The van der Waals surface area contributed by atoms with Crippen molar-refractivity contribution in [3.63, 3.8) is 0 Å². The molecule has 0 radical (unpaired) electrons. The predicted octanol–water partition coefficient (Wildman–Crippen LogP) is 1.02. The van der Waals surface area contributed by atoms with Gasteiger partial charge in [-0.3, -0.25) is 0 Å². The molecule has 0 bridgehead atoms. The van der Waals surface area contributed by atoms with E-state index in [-0.39, 0.29) is 0 Å². The molecule has 1 aromatic rings. The van der Waals surface area contributed by atoms with Crippen LogP contribution < -0.4 is 9.80 Å². The molecule has 94 valence electrons. The fourth-order valence-corrected chi connectivity index (χ4v) is 1.98. The molecule has 0 N–H and O–H groups in total. The minimum Gasteiger partial charge on any atom is -0.381 e. The maximum Gasteiger partial charge on any atom is 0.226 e. The molecule has 17 heavy (non-hydrogen) atoms. The highest BCUT2D eigenvalue weighted by Gasteiger charge is 2.18. The van der Waals surface area contributed by atoms with Gasteiger partial charge in [-0.25, -0.2) is 4.98 Å². The van der Waals surface area contributed by atoms with Gasteiger partial charge in [-0.1, -0.05) is 0 Å². The fourth-order valence-electron chi connectivity index (χ4n) is 1.98.